The largest absolute Gasteiger partial charge is 0.316 e. The van der Waals surface area contributed by atoms with Crippen molar-refractivity contribution in [2.24, 2.45) is 5.73 Å². The van der Waals surface area contributed by atoms with Crippen LogP contribution in [-0.4, -0.2) is 31.1 Å². The SMILES string of the molecule is CCCCCN(C)CCC(N)C#N. The number of nitriles is 1. The smallest absolute Gasteiger partial charge is 0.0940 e. The Kier molecular flexibility index (Phi) is 7.66. The second-order valence-electron chi connectivity index (χ2n) is 3.53. The molecule has 0 heterocycles. The molecule has 0 aromatic heterocycles. The summed E-state index contributed by atoms with van der Waals surface area (Å²) in [6.45, 7) is 4.25. The molecule has 0 bridgehead atoms. The van der Waals surface area contributed by atoms with Crippen molar-refractivity contribution in [1.29, 1.82) is 5.26 Å². The molecule has 1 atom stereocenters. The topological polar surface area (TPSA) is 53.0 Å². The first-order chi connectivity index (χ1) is 6.20. The van der Waals surface area contributed by atoms with Gasteiger partial charge in [0.1, 0.15) is 0 Å². The first-order valence-corrected chi connectivity index (χ1v) is 5.04. The summed E-state index contributed by atoms with van der Waals surface area (Å²) in [6, 6.07) is 1.74. The van der Waals surface area contributed by atoms with Gasteiger partial charge < -0.3 is 10.6 Å². The number of unbranched alkanes of at least 4 members (excludes halogenated alkanes) is 2. The maximum absolute atomic E-state index is 8.47. The normalized spacial score (nSPS) is 12.8. The molecule has 0 aliphatic heterocycles. The Balaban J connectivity index is 3.30. The van der Waals surface area contributed by atoms with Gasteiger partial charge in [0.05, 0.1) is 12.1 Å². The van der Waals surface area contributed by atoms with Crippen LogP contribution in [0.2, 0.25) is 0 Å². The lowest BCUT2D eigenvalue weighted by Crippen LogP contribution is -2.27. The van der Waals surface area contributed by atoms with Crippen molar-refractivity contribution in [3.8, 4) is 6.07 Å². The van der Waals surface area contributed by atoms with Crippen LogP contribution in [-0.2, 0) is 0 Å². The zero-order valence-corrected chi connectivity index (χ0v) is 8.79. The molecule has 0 aliphatic carbocycles. The molecule has 0 radical (unpaired) electrons. The van der Waals surface area contributed by atoms with Crippen LogP contribution < -0.4 is 5.73 Å². The third-order valence-corrected chi connectivity index (χ3v) is 2.13. The molecule has 0 amide bonds. The molecule has 0 aromatic rings. The summed E-state index contributed by atoms with van der Waals surface area (Å²) in [5.41, 5.74) is 5.49. The van der Waals surface area contributed by atoms with E-state index >= 15 is 0 Å². The first kappa shape index (κ1) is 12.4. The molecular weight excluding hydrogens is 162 g/mol. The average Bonchev–Trinajstić information content (AvgIpc) is 2.14. The molecule has 0 aliphatic rings. The van der Waals surface area contributed by atoms with Crippen molar-refractivity contribution in [2.45, 2.75) is 38.6 Å². The molecule has 2 N–H and O–H groups in total. The number of rotatable bonds is 7. The van der Waals surface area contributed by atoms with Gasteiger partial charge in [-0.05, 0) is 26.4 Å². The van der Waals surface area contributed by atoms with Crippen LogP contribution in [0.4, 0.5) is 0 Å². The Hall–Kier alpha value is -0.590. The van der Waals surface area contributed by atoms with E-state index in [1.54, 1.807) is 0 Å². The molecule has 76 valence electrons. The van der Waals surface area contributed by atoms with Gasteiger partial charge in [0, 0.05) is 6.54 Å². The predicted molar refractivity (Wildman–Crippen MR) is 55.2 cm³/mol. The lowest BCUT2D eigenvalue weighted by molar-refractivity contribution is 0.317. The quantitative estimate of drug-likeness (QED) is 0.606. The van der Waals surface area contributed by atoms with Crippen molar-refractivity contribution >= 4 is 0 Å². The Labute approximate surface area is 81.5 Å². The van der Waals surface area contributed by atoms with E-state index in [9.17, 15) is 0 Å². The van der Waals surface area contributed by atoms with Crippen molar-refractivity contribution in [2.75, 3.05) is 20.1 Å². The van der Waals surface area contributed by atoms with Crippen LogP contribution in [0.15, 0.2) is 0 Å². The summed E-state index contributed by atoms with van der Waals surface area (Å²) in [7, 11) is 2.08. The van der Waals surface area contributed by atoms with Gasteiger partial charge in [-0.15, -0.1) is 0 Å². The van der Waals surface area contributed by atoms with Crippen LogP contribution in [0.1, 0.15) is 32.6 Å². The van der Waals surface area contributed by atoms with Crippen LogP contribution in [0, 0.1) is 11.3 Å². The molecule has 1 unspecified atom stereocenters. The van der Waals surface area contributed by atoms with E-state index in [4.69, 9.17) is 11.0 Å². The third-order valence-electron chi connectivity index (χ3n) is 2.13. The fourth-order valence-corrected chi connectivity index (χ4v) is 1.17. The van der Waals surface area contributed by atoms with Crippen LogP contribution >= 0.6 is 0 Å². The van der Waals surface area contributed by atoms with E-state index in [1.807, 2.05) is 6.07 Å². The fourth-order valence-electron chi connectivity index (χ4n) is 1.17. The minimum Gasteiger partial charge on any atom is -0.316 e. The molecule has 0 rings (SSSR count). The maximum atomic E-state index is 8.47. The van der Waals surface area contributed by atoms with Crippen LogP contribution in [0.5, 0.6) is 0 Å². The second kappa shape index (κ2) is 8.03. The summed E-state index contributed by atoms with van der Waals surface area (Å²) >= 11 is 0. The van der Waals surface area contributed by atoms with Crippen molar-refractivity contribution in [1.82, 2.24) is 4.90 Å². The van der Waals surface area contributed by atoms with E-state index in [-0.39, 0.29) is 6.04 Å². The van der Waals surface area contributed by atoms with Gasteiger partial charge in [-0.3, -0.25) is 0 Å². The van der Waals surface area contributed by atoms with Crippen LogP contribution in [0.3, 0.4) is 0 Å². The first-order valence-electron chi connectivity index (χ1n) is 5.04. The standard InChI is InChI=1S/C10H21N3/c1-3-4-5-7-13(2)8-6-10(12)9-11/h10H,3-8,12H2,1-2H3. The summed E-state index contributed by atoms with van der Waals surface area (Å²) < 4.78 is 0. The summed E-state index contributed by atoms with van der Waals surface area (Å²) in [5.74, 6) is 0. The number of hydrogen-bond donors (Lipinski definition) is 1. The lowest BCUT2D eigenvalue weighted by atomic mass is 10.2. The monoisotopic (exact) mass is 183 g/mol. The molecule has 0 saturated heterocycles. The fraction of sp³-hybridized carbons (Fsp3) is 0.900. The highest BCUT2D eigenvalue weighted by Crippen LogP contribution is 1.97. The highest BCUT2D eigenvalue weighted by molar-refractivity contribution is 4.86. The molecule has 0 aromatic carbocycles. The van der Waals surface area contributed by atoms with E-state index in [0.717, 1.165) is 19.5 Å². The maximum Gasteiger partial charge on any atom is 0.0940 e. The molecule has 3 nitrogen and oxygen atoms in total. The van der Waals surface area contributed by atoms with Crippen LogP contribution in [0.25, 0.3) is 0 Å². The van der Waals surface area contributed by atoms with Crippen molar-refractivity contribution in [3.63, 3.8) is 0 Å². The minimum absolute atomic E-state index is 0.298. The van der Waals surface area contributed by atoms with Gasteiger partial charge >= 0.3 is 0 Å². The van der Waals surface area contributed by atoms with E-state index in [0.29, 0.717) is 0 Å². The Bertz CT molecular complexity index is 151. The molecule has 0 fully saturated rings. The van der Waals surface area contributed by atoms with Gasteiger partial charge in [0.25, 0.3) is 0 Å². The Morgan fingerprint density at radius 3 is 2.62 bits per heavy atom. The zero-order valence-electron chi connectivity index (χ0n) is 8.79. The van der Waals surface area contributed by atoms with Crippen molar-refractivity contribution < 1.29 is 0 Å². The van der Waals surface area contributed by atoms with E-state index in [1.165, 1.54) is 19.3 Å². The highest BCUT2D eigenvalue weighted by Gasteiger charge is 2.02. The predicted octanol–water partition coefficient (Wildman–Crippen LogP) is 1.35. The molecule has 3 heteroatoms. The lowest BCUT2D eigenvalue weighted by Gasteiger charge is -2.16. The van der Waals surface area contributed by atoms with Gasteiger partial charge in [0.2, 0.25) is 0 Å². The summed E-state index contributed by atoms with van der Waals surface area (Å²) in [6.07, 6.45) is 4.56. The Morgan fingerprint density at radius 1 is 1.38 bits per heavy atom. The van der Waals surface area contributed by atoms with Gasteiger partial charge in [-0.1, -0.05) is 19.8 Å². The van der Waals surface area contributed by atoms with Crippen molar-refractivity contribution in [3.05, 3.63) is 0 Å². The van der Waals surface area contributed by atoms with Gasteiger partial charge in [-0.25, -0.2) is 0 Å². The number of nitrogens with zero attached hydrogens (tertiary/aromatic N) is 2. The Morgan fingerprint density at radius 2 is 2.08 bits per heavy atom. The molecule has 0 saturated carbocycles. The zero-order chi connectivity index (χ0) is 10.1. The number of nitrogens with two attached hydrogens (primary N) is 1. The van der Waals surface area contributed by atoms with E-state index in [2.05, 4.69) is 18.9 Å². The highest BCUT2D eigenvalue weighted by atomic mass is 15.1. The van der Waals surface area contributed by atoms with Gasteiger partial charge in [-0.2, -0.15) is 5.26 Å². The average molecular weight is 183 g/mol. The third kappa shape index (κ3) is 7.76. The second-order valence-corrected chi connectivity index (χ2v) is 3.53. The minimum atomic E-state index is -0.298. The number of hydrogen-bond acceptors (Lipinski definition) is 3. The van der Waals surface area contributed by atoms with E-state index < -0.39 is 0 Å². The summed E-state index contributed by atoms with van der Waals surface area (Å²) in [4.78, 5) is 2.24. The molecular formula is C10H21N3. The summed E-state index contributed by atoms with van der Waals surface area (Å²) in [5, 5.41) is 8.47. The van der Waals surface area contributed by atoms with Gasteiger partial charge in [0.15, 0.2) is 0 Å². The molecule has 13 heavy (non-hydrogen) atoms. The molecule has 0 spiro atoms.